The quantitative estimate of drug-likeness (QED) is 0.587. The summed E-state index contributed by atoms with van der Waals surface area (Å²) in [4.78, 5) is 10.6. The van der Waals surface area contributed by atoms with Gasteiger partial charge in [0.2, 0.25) is 5.90 Å². The van der Waals surface area contributed by atoms with Gasteiger partial charge >= 0.3 is 6.09 Å². The van der Waals surface area contributed by atoms with Crippen molar-refractivity contribution in [3.63, 3.8) is 0 Å². The van der Waals surface area contributed by atoms with Gasteiger partial charge in [-0.15, -0.1) is 0 Å². The Labute approximate surface area is 115 Å². The van der Waals surface area contributed by atoms with Crippen LogP contribution in [0.25, 0.3) is 0 Å². The van der Waals surface area contributed by atoms with E-state index < -0.39 is 29.8 Å². The summed E-state index contributed by atoms with van der Waals surface area (Å²) in [7, 11) is 0. The molecule has 1 rings (SSSR count). The first-order valence-corrected chi connectivity index (χ1v) is 5.89. The average Bonchev–Trinajstić information content (AvgIpc) is 2.32. The van der Waals surface area contributed by atoms with E-state index in [1.807, 2.05) is 0 Å². The second kappa shape index (κ2) is 5.99. The van der Waals surface area contributed by atoms with Crippen LogP contribution in [-0.2, 0) is 4.74 Å². The molecular formula is C12H15ClFN3O2. The highest BCUT2D eigenvalue weighted by molar-refractivity contribution is 6.32. The molecule has 1 aromatic rings. The Kier molecular flexibility index (Phi) is 4.85. The summed E-state index contributed by atoms with van der Waals surface area (Å²) >= 11 is 6.05. The van der Waals surface area contributed by atoms with E-state index in [4.69, 9.17) is 28.5 Å². The van der Waals surface area contributed by atoms with E-state index in [2.05, 4.69) is 4.74 Å². The van der Waals surface area contributed by atoms with Crippen LogP contribution in [0.4, 0.5) is 9.18 Å². The van der Waals surface area contributed by atoms with Crippen LogP contribution in [0.5, 0.6) is 0 Å². The number of hydrogen-bond acceptors (Lipinski definition) is 4. The van der Waals surface area contributed by atoms with E-state index in [1.54, 1.807) is 19.9 Å². The molecule has 0 saturated heterocycles. The van der Waals surface area contributed by atoms with Crippen LogP contribution < -0.4 is 11.5 Å². The zero-order valence-electron chi connectivity index (χ0n) is 10.5. The molecule has 2 unspecified atom stereocenters. The van der Waals surface area contributed by atoms with Gasteiger partial charge in [0.1, 0.15) is 5.82 Å². The van der Waals surface area contributed by atoms with Crippen molar-refractivity contribution >= 4 is 23.6 Å². The number of amides is 1. The van der Waals surface area contributed by atoms with Crippen molar-refractivity contribution in [3.8, 4) is 0 Å². The zero-order valence-corrected chi connectivity index (χ0v) is 11.3. The van der Waals surface area contributed by atoms with Gasteiger partial charge in [-0.1, -0.05) is 24.6 Å². The number of aryl methyl sites for hydroxylation is 1. The van der Waals surface area contributed by atoms with Crippen molar-refractivity contribution in [2.75, 3.05) is 0 Å². The Hall–Kier alpha value is -1.66. The number of ether oxygens (including phenoxy) is 1. The number of carbonyl (C=O) groups is 1. The Morgan fingerprint density at radius 3 is 2.63 bits per heavy atom. The minimum atomic E-state index is -1.14. The lowest BCUT2D eigenvalue weighted by Crippen LogP contribution is -2.39. The predicted octanol–water partition coefficient (Wildman–Crippen LogP) is 2.29. The van der Waals surface area contributed by atoms with E-state index >= 15 is 0 Å². The summed E-state index contributed by atoms with van der Waals surface area (Å²) in [6.45, 7) is 3.32. The molecule has 0 aliphatic rings. The Morgan fingerprint density at radius 2 is 2.11 bits per heavy atom. The third-order valence-electron chi connectivity index (χ3n) is 2.83. The molecule has 0 saturated carbocycles. The fraction of sp³-hybridized carbons (Fsp3) is 0.333. The van der Waals surface area contributed by atoms with Gasteiger partial charge in [0.15, 0.2) is 0 Å². The maximum Gasteiger partial charge on any atom is 0.411 e. The number of nitrogens with two attached hydrogens (primary N) is 2. The number of primary amides is 1. The van der Waals surface area contributed by atoms with E-state index in [9.17, 15) is 9.18 Å². The number of carbonyl (C=O) groups excluding carboxylic acids is 1. The van der Waals surface area contributed by atoms with E-state index in [0.717, 1.165) is 0 Å². The molecule has 0 bridgehead atoms. The van der Waals surface area contributed by atoms with Crippen LogP contribution in [-0.4, -0.2) is 18.0 Å². The van der Waals surface area contributed by atoms with Crippen LogP contribution >= 0.6 is 11.6 Å². The van der Waals surface area contributed by atoms with Crippen molar-refractivity contribution in [1.29, 1.82) is 5.41 Å². The number of rotatable bonds is 3. The summed E-state index contributed by atoms with van der Waals surface area (Å²) in [5, 5.41) is 7.73. The molecule has 1 aromatic carbocycles. The molecule has 0 spiro atoms. The van der Waals surface area contributed by atoms with Gasteiger partial charge in [-0.05, 0) is 18.6 Å². The van der Waals surface area contributed by atoms with Crippen molar-refractivity contribution in [3.05, 3.63) is 34.1 Å². The third kappa shape index (κ3) is 3.42. The van der Waals surface area contributed by atoms with Gasteiger partial charge in [-0.3, -0.25) is 5.41 Å². The summed E-state index contributed by atoms with van der Waals surface area (Å²) < 4.78 is 18.2. The minimum absolute atomic E-state index is 0.187. The highest BCUT2D eigenvalue weighted by atomic mass is 35.5. The van der Waals surface area contributed by atoms with Gasteiger partial charge in [0, 0.05) is 16.5 Å². The first-order valence-electron chi connectivity index (χ1n) is 5.51. The Morgan fingerprint density at radius 1 is 1.53 bits per heavy atom. The smallest absolute Gasteiger partial charge is 0.394 e. The first kappa shape index (κ1) is 15.4. The van der Waals surface area contributed by atoms with Crippen molar-refractivity contribution in [1.82, 2.24) is 0 Å². The van der Waals surface area contributed by atoms with Crippen LogP contribution in [0, 0.1) is 18.2 Å². The van der Waals surface area contributed by atoms with Gasteiger partial charge < -0.3 is 16.2 Å². The second-order valence-corrected chi connectivity index (χ2v) is 4.57. The second-order valence-electron chi connectivity index (χ2n) is 4.19. The van der Waals surface area contributed by atoms with Gasteiger partial charge in [0.05, 0.1) is 6.04 Å². The van der Waals surface area contributed by atoms with Crippen molar-refractivity contribution in [2.45, 2.75) is 25.8 Å². The van der Waals surface area contributed by atoms with Crippen molar-refractivity contribution < 1.29 is 13.9 Å². The molecule has 7 heteroatoms. The average molecular weight is 288 g/mol. The molecule has 0 heterocycles. The lowest BCUT2D eigenvalue weighted by molar-refractivity contribution is 0.204. The summed E-state index contributed by atoms with van der Waals surface area (Å²) in [5.41, 5.74) is 11.4. The molecule has 1 amide bonds. The highest BCUT2D eigenvalue weighted by Crippen LogP contribution is 2.31. The molecule has 0 fully saturated rings. The molecule has 2 atom stereocenters. The maximum atomic E-state index is 13.8. The molecule has 104 valence electrons. The third-order valence-corrected chi connectivity index (χ3v) is 3.33. The van der Waals surface area contributed by atoms with E-state index in [1.165, 1.54) is 6.07 Å². The summed E-state index contributed by atoms with van der Waals surface area (Å²) in [6.07, 6.45) is -1.14. The fourth-order valence-electron chi connectivity index (χ4n) is 1.68. The minimum Gasteiger partial charge on any atom is -0.394 e. The zero-order chi connectivity index (χ0) is 14.7. The molecule has 0 aliphatic heterocycles. The molecule has 5 nitrogen and oxygen atoms in total. The lowest BCUT2D eigenvalue weighted by atomic mass is 9.92. The van der Waals surface area contributed by atoms with Gasteiger partial charge in [0.25, 0.3) is 0 Å². The SMILES string of the molecule is Cc1ccc(F)c(C(C)C(N)C(=N)OC(N)=O)c1Cl. The largest absolute Gasteiger partial charge is 0.411 e. The van der Waals surface area contributed by atoms with Crippen LogP contribution in [0.15, 0.2) is 12.1 Å². The molecule has 0 radical (unpaired) electrons. The topological polar surface area (TPSA) is 102 Å². The number of benzene rings is 1. The number of nitrogens with one attached hydrogen (secondary N) is 1. The van der Waals surface area contributed by atoms with E-state index in [-0.39, 0.29) is 10.6 Å². The van der Waals surface area contributed by atoms with Gasteiger partial charge in [-0.25, -0.2) is 9.18 Å². The number of halogens is 2. The molecule has 19 heavy (non-hydrogen) atoms. The Bertz CT molecular complexity index is 522. The van der Waals surface area contributed by atoms with Crippen LogP contribution in [0.2, 0.25) is 5.02 Å². The van der Waals surface area contributed by atoms with Crippen LogP contribution in [0.1, 0.15) is 24.0 Å². The standard InChI is InChI=1S/C12H15ClFN3O2/c1-5-3-4-7(14)8(9(5)13)6(2)10(15)11(16)19-12(17)18/h3-4,6,10,16H,15H2,1-2H3,(H2,17,18). The number of hydrogen-bond donors (Lipinski definition) is 3. The first-order chi connectivity index (χ1) is 8.75. The van der Waals surface area contributed by atoms with Crippen molar-refractivity contribution in [2.24, 2.45) is 11.5 Å². The molecule has 5 N–H and O–H groups in total. The fourth-order valence-corrected chi connectivity index (χ4v) is 2.00. The summed E-state index contributed by atoms with van der Waals surface area (Å²) in [6, 6.07) is 1.80. The molecule has 0 aromatic heterocycles. The predicted molar refractivity (Wildman–Crippen MR) is 70.9 cm³/mol. The molecule has 0 aliphatic carbocycles. The lowest BCUT2D eigenvalue weighted by Gasteiger charge is -2.22. The Balaban J connectivity index is 3.06. The van der Waals surface area contributed by atoms with E-state index in [0.29, 0.717) is 5.56 Å². The molecular weight excluding hydrogens is 273 g/mol. The van der Waals surface area contributed by atoms with Crippen LogP contribution in [0.3, 0.4) is 0 Å². The monoisotopic (exact) mass is 287 g/mol. The van der Waals surface area contributed by atoms with Gasteiger partial charge in [-0.2, -0.15) is 0 Å². The summed E-state index contributed by atoms with van der Waals surface area (Å²) in [5.74, 6) is -1.69. The maximum absolute atomic E-state index is 13.8. The normalized spacial score (nSPS) is 13.7. The highest BCUT2D eigenvalue weighted by Gasteiger charge is 2.26.